The fraction of sp³-hybridized carbons (Fsp3) is 1.00. The summed E-state index contributed by atoms with van der Waals surface area (Å²) in [5.41, 5.74) is 0.252. The Hall–Kier alpha value is -0.0800. The third-order valence-corrected chi connectivity index (χ3v) is 1.99. The lowest BCUT2D eigenvalue weighted by molar-refractivity contribution is 0.347. The highest BCUT2D eigenvalue weighted by molar-refractivity contribution is 4.79. The van der Waals surface area contributed by atoms with Crippen molar-refractivity contribution in [2.45, 2.75) is 52.6 Å². The van der Waals surface area contributed by atoms with E-state index in [2.05, 4.69) is 31.4 Å². The Morgan fingerprint density at radius 2 is 1.58 bits per heavy atom. The van der Waals surface area contributed by atoms with Crippen LogP contribution >= 0.6 is 0 Å². The molecule has 0 saturated heterocycles. The van der Waals surface area contributed by atoms with E-state index in [4.69, 9.17) is 0 Å². The molecule has 0 radical (unpaired) electrons. The zero-order valence-electron chi connectivity index (χ0n) is 9.78. The van der Waals surface area contributed by atoms with Crippen molar-refractivity contribution in [2.24, 2.45) is 0 Å². The Morgan fingerprint density at radius 1 is 1.17 bits per heavy atom. The Kier molecular flexibility index (Phi) is 9.10. The van der Waals surface area contributed by atoms with Crippen LogP contribution in [0.2, 0.25) is 0 Å². The van der Waals surface area contributed by atoms with Crippen molar-refractivity contribution in [3.8, 4) is 0 Å². The van der Waals surface area contributed by atoms with Crippen molar-refractivity contribution in [1.82, 2.24) is 10.6 Å². The maximum Gasteiger partial charge on any atom is 0.0136 e. The molecule has 0 aromatic heterocycles. The average molecular weight is 174 g/mol. The lowest BCUT2D eigenvalue weighted by Gasteiger charge is -2.27. The standard InChI is InChI=1S/C8H20N2.C2H6/c1-7(9-4)6-8(2,3)10-5;1-2/h7,9-10H,6H2,1-5H3;1-2H3. The van der Waals surface area contributed by atoms with E-state index in [-0.39, 0.29) is 5.54 Å². The summed E-state index contributed by atoms with van der Waals surface area (Å²) in [6.07, 6.45) is 1.15. The predicted molar refractivity (Wildman–Crippen MR) is 57.6 cm³/mol. The van der Waals surface area contributed by atoms with Crippen molar-refractivity contribution in [3.63, 3.8) is 0 Å². The predicted octanol–water partition coefficient (Wildman–Crippen LogP) is 2.01. The van der Waals surface area contributed by atoms with Gasteiger partial charge in [-0.2, -0.15) is 0 Å². The van der Waals surface area contributed by atoms with Gasteiger partial charge in [0.1, 0.15) is 0 Å². The fourth-order valence-electron chi connectivity index (χ4n) is 0.970. The summed E-state index contributed by atoms with van der Waals surface area (Å²) in [4.78, 5) is 0. The van der Waals surface area contributed by atoms with Crippen LogP contribution in [0.5, 0.6) is 0 Å². The monoisotopic (exact) mass is 174 g/mol. The molecule has 2 heteroatoms. The molecule has 1 unspecified atom stereocenters. The summed E-state index contributed by atoms with van der Waals surface area (Å²) in [5.74, 6) is 0. The Morgan fingerprint density at radius 3 is 1.83 bits per heavy atom. The first-order valence-corrected chi connectivity index (χ1v) is 4.88. The highest BCUT2D eigenvalue weighted by Crippen LogP contribution is 2.09. The van der Waals surface area contributed by atoms with E-state index < -0.39 is 0 Å². The van der Waals surface area contributed by atoms with Gasteiger partial charge in [0.25, 0.3) is 0 Å². The molecule has 0 aromatic rings. The second kappa shape index (κ2) is 7.56. The van der Waals surface area contributed by atoms with Crippen LogP contribution in [-0.2, 0) is 0 Å². The topological polar surface area (TPSA) is 24.1 Å². The maximum atomic E-state index is 3.27. The molecule has 0 spiro atoms. The van der Waals surface area contributed by atoms with Crippen LogP contribution in [0.15, 0.2) is 0 Å². The molecule has 0 fully saturated rings. The smallest absolute Gasteiger partial charge is 0.0136 e. The van der Waals surface area contributed by atoms with E-state index in [1.165, 1.54) is 0 Å². The second-order valence-electron chi connectivity index (χ2n) is 3.53. The van der Waals surface area contributed by atoms with Gasteiger partial charge in [-0.25, -0.2) is 0 Å². The third kappa shape index (κ3) is 8.02. The SMILES string of the molecule is CC.CNC(C)CC(C)(C)NC. The molecule has 1 atom stereocenters. The highest BCUT2D eigenvalue weighted by atomic mass is 14.9. The highest BCUT2D eigenvalue weighted by Gasteiger charge is 2.16. The summed E-state index contributed by atoms with van der Waals surface area (Å²) >= 11 is 0. The average Bonchev–Trinajstić information content (AvgIpc) is 2.07. The lowest BCUT2D eigenvalue weighted by atomic mass is 9.96. The minimum Gasteiger partial charge on any atom is -0.317 e. The number of hydrogen-bond donors (Lipinski definition) is 2. The van der Waals surface area contributed by atoms with E-state index >= 15 is 0 Å². The van der Waals surface area contributed by atoms with Gasteiger partial charge in [-0.3, -0.25) is 0 Å². The molecule has 0 rings (SSSR count). The molecular formula is C10H26N2. The van der Waals surface area contributed by atoms with E-state index in [0.717, 1.165) is 6.42 Å². The summed E-state index contributed by atoms with van der Waals surface area (Å²) in [7, 11) is 4.00. The fourth-order valence-corrected chi connectivity index (χ4v) is 0.970. The minimum absolute atomic E-state index is 0.252. The van der Waals surface area contributed by atoms with Crippen LogP contribution in [0.4, 0.5) is 0 Å². The van der Waals surface area contributed by atoms with Crippen molar-refractivity contribution in [1.29, 1.82) is 0 Å². The van der Waals surface area contributed by atoms with E-state index in [9.17, 15) is 0 Å². The Labute approximate surface area is 78.1 Å². The van der Waals surface area contributed by atoms with Crippen LogP contribution < -0.4 is 10.6 Å². The van der Waals surface area contributed by atoms with Gasteiger partial charge >= 0.3 is 0 Å². The number of nitrogens with one attached hydrogen (secondary N) is 2. The van der Waals surface area contributed by atoms with Gasteiger partial charge in [0.2, 0.25) is 0 Å². The zero-order chi connectivity index (χ0) is 10.2. The minimum atomic E-state index is 0.252. The van der Waals surface area contributed by atoms with Gasteiger partial charge < -0.3 is 10.6 Å². The first-order chi connectivity index (χ1) is 5.52. The summed E-state index contributed by atoms with van der Waals surface area (Å²) in [6.45, 7) is 10.6. The summed E-state index contributed by atoms with van der Waals surface area (Å²) in [5, 5.41) is 6.48. The first-order valence-electron chi connectivity index (χ1n) is 4.88. The van der Waals surface area contributed by atoms with Crippen molar-refractivity contribution < 1.29 is 0 Å². The molecule has 0 aromatic carbocycles. The van der Waals surface area contributed by atoms with Crippen molar-refractivity contribution in [3.05, 3.63) is 0 Å². The van der Waals surface area contributed by atoms with Crippen LogP contribution in [0, 0.1) is 0 Å². The van der Waals surface area contributed by atoms with Gasteiger partial charge in [0.15, 0.2) is 0 Å². The molecule has 0 amide bonds. The molecule has 2 nitrogen and oxygen atoms in total. The van der Waals surface area contributed by atoms with Crippen LogP contribution in [0.3, 0.4) is 0 Å². The third-order valence-electron chi connectivity index (χ3n) is 1.99. The molecule has 0 aliphatic carbocycles. The Balaban J connectivity index is 0. The summed E-state index contributed by atoms with van der Waals surface area (Å²) < 4.78 is 0. The van der Waals surface area contributed by atoms with E-state index in [0.29, 0.717) is 6.04 Å². The van der Waals surface area contributed by atoms with Crippen LogP contribution in [0.1, 0.15) is 41.0 Å². The molecule has 2 N–H and O–H groups in total. The van der Waals surface area contributed by atoms with E-state index in [1.807, 2.05) is 27.9 Å². The van der Waals surface area contributed by atoms with Gasteiger partial charge in [0.05, 0.1) is 0 Å². The lowest BCUT2D eigenvalue weighted by Crippen LogP contribution is -2.41. The largest absolute Gasteiger partial charge is 0.317 e. The number of rotatable bonds is 4. The van der Waals surface area contributed by atoms with Gasteiger partial charge in [-0.1, -0.05) is 13.8 Å². The molecule has 12 heavy (non-hydrogen) atoms. The van der Waals surface area contributed by atoms with Crippen molar-refractivity contribution in [2.75, 3.05) is 14.1 Å². The molecule has 0 bridgehead atoms. The van der Waals surface area contributed by atoms with Gasteiger partial charge in [-0.05, 0) is 41.3 Å². The molecule has 0 heterocycles. The molecule has 0 aliphatic rings. The van der Waals surface area contributed by atoms with Crippen LogP contribution in [0.25, 0.3) is 0 Å². The Bertz CT molecular complexity index is 89.8. The van der Waals surface area contributed by atoms with Gasteiger partial charge in [-0.15, -0.1) is 0 Å². The molecular weight excluding hydrogens is 148 g/mol. The molecule has 0 saturated carbocycles. The van der Waals surface area contributed by atoms with Crippen LogP contribution in [-0.4, -0.2) is 25.7 Å². The summed E-state index contributed by atoms with van der Waals surface area (Å²) in [6, 6.07) is 0.586. The first kappa shape index (κ1) is 14.4. The van der Waals surface area contributed by atoms with Gasteiger partial charge in [0, 0.05) is 11.6 Å². The maximum absolute atomic E-state index is 3.27. The second-order valence-corrected chi connectivity index (χ2v) is 3.53. The number of hydrogen-bond acceptors (Lipinski definition) is 2. The molecule has 76 valence electrons. The van der Waals surface area contributed by atoms with E-state index in [1.54, 1.807) is 0 Å². The zero-order valence-corrected chi connectivity index (χ0v) is 9.78. The van der Waals surface area contributed by atoms with Crippen molar-refractivity contribution >= 4 is 0 Å². The molecule has 0 aliphatic heterocycles. The normalized spacial score (nSPS) is 13.2. The quantitative estimate of drug-likeness (QED) is 0.681.